The Hall–Kier alpha value is -2.40. The molecule has 234 valence electrons. The average molecular weight is 654 g/mol. The highest BCUT2D eigenvalue weighted by atomic mass is 35.5. The van der Waals surface area contributed by atoms with Crippen molar-refractivity contribution in [2.24, 2.45) is 11.3 Å². The highest BCUT2D eigenvalue weighted by Crippen LogP contribution is 2.60. The number of nitrogens with zero attached hydrogens (tertiary/aromatic N) is 3. The van der Waals surface area contributed by atoms with Crippen LogP contribution in [0.5, 0.6) is 0 Å². The van der Waals surface area contributed by atoms with Gasteiger partial charge < -0.3 is 15.1 Å². The Kier molecular flexibility index (Phi) is 8.81. The number of hydrogen-bond acceptors (Lipinski definition) is 5. The molecule has 1 spiro atoms. The summed E-state index contributed by atoms with van der Waals surface area (Å²) in [5.41, 5.74) is 0.0188. The van der Waals surface area contributed by atoms with Gasteiger partial charge in [0.15, 0.2) is 0 Å². The molecule has 3 heterocycles. The minimum Gasteiger partial charge on any atom is -0.325 e. The summed E-state index contributed by atoms with van der Waals surface area (Å²) >= 11 is 12.6. The normalized spacial score (nSPS) is 24.5. The molecule has 3 amide bonds. The number of amides is 3. The van der Waals surface area contributed by atoms with Gasteiger partial charge in [-0.05, 0) is 54.5 Å². The molecule has 5 rings (SSSR count). The Bertz CT molecular complexity index is 1520. The zero-order chi connectivity index (χ0) is 31.3. The molecular formula is C31H39Cl2FN4O4S. The van der Waals surface area contributed by atoms with Crippen molar-refractivity contribution in [3.63, 3.8) is 0 Å². The van der Waals surface area contributed by atoms with Gasteiger partial charge >= 0.3 is 6.03 Å². The number of piperazine rings is 1. The van der Waals surface area contributed by atoms with Crippen molar-refractivity contribution in [3.8, 4) is 0 Å². The number of hydrogen-bond donors (Lipinski definition) is 1. The monoisotopic (exact) mass is 652 g/mol. The maximum absolute atomic E-state index is 16.0. The predicted molar refractivity (Wildman–Crippen MR) is 168 cm³/mol. The van der Waals surface area contributed by atoms with Crippen molar-refractivity contribution >= 4 is 50.7 Å². The number of anilines is 1. The van der Waals surface area contributed by atoms with Crippen molar-refractivity contribution in [1.82, 2.24) is 14.7 Å². The van der Waals surface area contributed by atoms with Crippen molar-refractivity contribution in [2.75, 3.05) is 56.6 Å². The Balaban J connectivity index is 1.54. The first-order valence-corrected chi connectivity index (χ1v) is 17.4. The van der Waals surface area contributed by atoms with E-state index >= 15 is 4.39 Å². The number of likely N-dealkylation sites (tertiary alicyclic amines) is 1. The first-order valence-electron chi connectivity index (χ1n) is 14.6. The molecule has 0 radical (unpaired) electrons. The second-order valence-electron chi connectivity index (χ2n) is 13.3. The maximum Gasteiger partial charge on any atom is 0.320 e. The third-order valence-electron chi connectivity index (χ3n) is 8.87. The molecule has 2 fully saturated rings. The molecule has 3 aliphatic heterocycles. The molecule has 2 aromatic carbocycles. The lowest BCUT2D eigenvalue weighted by atomic mass is 9.63. The fourth-order valence-corrected chi connectivity index (χ4v) is 8.16. The standard InChI is InChI=1S/C31H39Cl2FN4O4S/c1-30(2,3)18-20-19-38(29(40)37-14-12-36(13-15-37)11-6-16-43(4,41)42)27(22-7-5-8-24(33)26(22)34)31(20)23-10-9-21(32)17-25(23)35-28(31)39/h5,7-10,17,20,27H,6,11-16,18-19H2,1-4H3,(H,35,39)/t20-,27-,31?/m1/s1. The van der Waals surface area contributed by atoms with Crippen LogP contribution in [0.25, 0.3) is 0 Å². The van der Waals surface area contributed by atoms with Gasteiger partial charge in [-0.1, -0.05) is 62.2 Å². The lowest BCUT2D eigenvalue weighted by Crippen LogP contribution is -2.54. The van der Waals surface area contributed by atoms with Crippen LogP contribution in [-0.4, -0.2) is 86.3 Å². The molecule has 0 bridgehead atoms. The summed E-state index contributed by atoms with van der Waals surface area (Å²) in [6.45, 7) is 9.25. The highest BCUT2D eigenvalue weighted by molar-refractivity contribution is 7.90. The Morgan fingerprint density at radius 1 is 1.12 bits per heavy atom. The quantitative estimate of drug-likeness (QED) is 0.439. The van der Waals surface area contributed by atoms with Crippen LogP contribution in [0.3, 0.4) is 0 Å². The molecule has 8 nitrogen and oxygen atoms in total. The average Bonchev–Trinajstić information content (AvgIpc) is 3.38. The third-order valence-corrected chi connectivity index (χ3v) is 10.4. The van der Waals surface area contributed by atoms with Crippen LogP contribution in [0, 0.1) is 17.2 Å². The Morgan fingerprint density at radius 2 is 1.81 bits per heavy atom. The molecule has 12 heteroatoms. The summed E-state index contributed by atoms with van der Waals surface area (Å²) < 4.78 is 39.1. The summed E-state index contributed by atoms with van der Waals surface area (Å²) in [7, 11) is -3.03. The second kappa shape index (κ2) is 11.8. The molecule has 1 N–H and O–H groups in total. The summed E-state index contributed by atoms with van der Waals surface area (Å²) in [5, 5.41) is 3.41. The van der Waals surface area contributed by atoms with Crippen molar-refractivity contribution in [3.05, 3.63) is 63.4 Å². The second-order valence-corrected chi connectivity index (χ2v) is 16.4. The number of carbonyl (C=O) groups is 2. The predicted octanol–water partition coefficient (Wildman–Crippen LogP) is 5.60. The molecule has 1 unspecified atom stereocenters. The van der Waals surface area contributed by atoms with E-state index in [2.05, 4.69) is 31.0 Å². The van der Waals surface area contributed by atoms with Gasteiger partial charge in [0, 0.05) is 55.3 Å². The number of sulfone groups is 1. The zero-order valence-corrected chi connectivity index (χ0v) is 27.3. The van der Waals surface area contributed by atoms with E-state index in [0.717, 1.165) is 0 Å². The molecule has 3 aliphatic rings. The number of benzene rings is 2. The first-order chi connectivity index (χ1) is 20.1. The molecule has 3 atom stereocenters. The van der Waals surface area contributed by atoms with Gasteiger partial charge in [0.25, 0.3) is 0 Å². The molecule has 0 saturated carbocycles. The van der Waals surface area contributed by atoms with Crippen LogP contribution in [0.1, 0.15) is 50.8 Å². The fourth-order valence-electron chi connectivity index (χ4n) is 7.15. The number of halogens is 3. The SMILES string of the molecule is CC(C)(C)C[C@@H]1CN(C(=O)N2CCN(CCCS(C)(=O)=O)CC2)[C@H](c2cccc(Cl)c2F)C12C(=O)Nc1cc(Cl)ccc12. The topological polar surface area (TPSA) is 90.0 Å². The van der Waals surface area contributed by atoms with Crippen LogP contribution in [0.15, 0.2) is 36.4 Å². The Labute approximate surface area is 263 Å². The first kappa shape index (κ1) is 32.0. The van der Waals surface area contributed by atoms with Crippen LogP contribution in [0.2, 0.25) is 10.0 Å². The van der Waals surface area contributed by atoms with Crippen LogP contribution < -0.4 is 5.32 Å². The maximum atomic E-state index is 16.0. The van der Waals surface area contributed by atoms with E-state index in [1.54, 1.807) is 34.1 Å². The van der Waals surface area contributed by atoms with Crippen molar-refractivity contribution in [2.45, 2.75) is 45.1 Å². The van der Waals surface area contributed by atoms with Gasteiger partial charge in [0.05, 0.1) is 16.8 Å². The smallest absolute Gasteiger partial charge is 0.320 e. The number of fused-ring (bicyclic) bond motifs is 2. The zero-order valence-electron chi connectivity index (χ0n) is 25.0. The van der Waals surface area contributed by atoms with Crippen LogP contribution in [0.4, 0.5) is 14.9 Å². The summed E-state index contributed by atoms with van der Waals surface area (Å²) in [5.74, 6) is -1.12. The molecule has 0 aliphatic carbocycles. The molecule has 0 aromatic heterocycles. The number of rotatable bonds is 6. The molecule has 2 aromatic rings. The van der Waals surface area contributed by atoms with Crippen LogP contribution >= 0.6 is 23.2 Å². The van der Waals surface area contributed by atoms with E-state index in [4.69, 9.17) is 23.2 Å². The van der Waals surface area contributed by atoms with Gasteiger partial charge in [0.1, 0.15) is 21.1 Å². The summed E-state index contributed by atoms with van der Waals surface area (Å²) in [6, 6.07) is 8.79. The van der Waals surface area contributed by atoms with E-state index in [0.29, 0.717) is 61.8 Å². The van der Waals surface area contributed by atoms with E-state index < -0.39 is 27.1 Å². The van der Waals surface area contributed by atoms with Gasteiger partial charge in [-0.3, -0.25) is 9.69 Å². The number of urea groups is 1. The minimum absolute atomic E-state index is 0.0724. The molecule has 2 saturated heterocycles. The van der Waals surface area contributed by atoms with Gasteiger partial charge in [-0.2, -0.15) is 0 Å². The third kappa shape index (κ3) is 6.26. The van der Waals surface area contributed by atoms with E-state index in [9.17, 15) is 18.0 Å². The van der Waals surface area contributed by atoms with E-state index in [1.165, 1.54) is 12.3 Å². The lowest BCUT2D eigenvalue weighted by Gasteiger charge is -2.41. The fraction of sp³-hybridized carbons (Fsp3) is 0.548. The van der Waals surface area contributed by atoms with Crippen molar-refractivity contribution < 1.29 is 22.4 Å². The van der Waals surface area contributed by atoms with Gasteiger partial charge in [-0.25, -0.2) is 17.6 Å². The largest absolute Gasteiger partial charge is 0.325 e. The number of nitrogens with one attached hydrogen (secondary N) is 1. The molecule has 43 heavy (non-hydrogen) atoms. The summed E-state index contributed by atoms with van der Waals surface area (Å²) in [6.07, 6.45) is 2.37. The van der Waals surface area contributed by atoms with Crippen molar-refractivity contribution in [1.29, 1.82) is 0 Å². The van der Waals surface area contributed by atoms with Gasteiger partial charge in [0.2, 0.25) is 5.91 Å². The minimum atomic E-state index is -3.03. The van der Waals surface area contributed by atoms with Crippen LogP contribution in [-0.2, 0) is 20.0 Å². The van der Waals surface area contributed by atoms with E-state index in [1.807, 2.05) is 6.07 Å². The molecular weight excluding hydrogens is 614 g/mol. The van der Waals surface area contributed by atoms with E-state index in [-0.39, 0.29) is 46.2 Å². The van der Waals surface area contributed by atoms with Gasteiger partial charge in [-0.15, -0.1) is 0 Å². The number of carbonyl (C=O) groups excluding carboxylic acids is 2. The lowest BCUT2D eigenvalue weighted by molar-refractivity contribution is -0.123. The highest BCUT2D eigenvalue weighted by Gasteiger charge is 2.65. The Morgan fingerprint density at radius 3 is 2.47 bits per heavy atom. The summed E-state index contributed by atoms with van der Waals surface area (Å²) in [4.78, 5) is 34.3.